The predicted molar refractivity (Wildman–Crippen MR) is 70.0 cm³/mol. The van der Waals surface area contributed by atoms with E-state index >= 15 is 0 Å². The van der Waals surface area contributed by atoms with Crippen molar-refractivity contribution in [3.8, 4) is 5.75 Å². The molecule has 2 rings (SSSR count). The molecule has 0 atom stereocenters. The van der Waals surface area contributed by atoms with E-state index in [0.29, 0.717) is 24.8 Å². The SMILES string of the molecule is CN(CC(=O)NC1CC1)Cc1cc(N)ccc1O. The van der Waals surface area contributed by atoms with E-state index in [4.69, 9.17) is 5.73 Å². The average Bonchev–Trinajstić information content (AvgIpc) is 3.07. The summed E-state index contributed by atoms with van der Waals surface area (Å²) < 4.78 is 0. The lowest BCUT2D eigenvalue weighted by Gasteiger charge is -2.17. The number of likely N-dealkylation sites (N-methyl/N-ethyl adjacent to an activating group) is 1. The summed E-state index contributed by atoms with van der Waals surface area (Å²) >= 11 is 0. The number of nitrogen functional groups attached to an aromatic ring is 1. The molecule has 0 aliphatic heterocycles. The number of amides is 1. The van der Waals surface area contributed by atoms with Crippen molar-refractivity contribution in [2.75, 3.05) is 19.3 Å². The first-order valence-corrected chi connectivity index (χ1v) is 6.10. The van der Waals surface area contributed by atoms with Crippen LogP contribution < -0.4 is 11.1 Å². The summed E-state index contributed by atoms with van der Waals surface area (Å²) in [4.78, 5) is 13.5. The lowest BCUT2D eigenvalue weighted by Crippen LogP contribution is -2.35. The van der Waals surface area contributed by atoms with Crippen molar-refractivity contribution < 1.29 is 9.90 Å². The van der Waals surface area contributed by atoms with E-state index in [0.717, 1.165) is 18.4 Å². The Morgan fingerprint density at radius 1 is 1.56 bits per heavy atom. The number of carbonyl (C=O) groups is 1. The van der Waals surface area contributed by atoms with Gasteiger partial charge < -0.3 is 16.2 Å². The fourth-order valence-corrected chi connectivity index (χ4v) is 1.82. The standard InChI is InChI=1S/C13H19N3O2/c1-16(8-13(18)15-11-3-4-11)7-9-6-10(14)2-5-12(9)17/h2,5-6,11,17H,3-4,7-8,14H2,1H3,(H,15,18). The maximum absolute atomic E-state index is 11.6. The highest BCUT2D eigenvalue weighted by Crippen LogP contribution is 2.21. The van der Waals surface area contributed by atoms with Crippen LogP contribution in [0, 0.1) is 0 Å². The molecule has 0 saturated heterocycles. The van der Waals surface area contributed by atoms with Crippen molar-refractivity contribution in [2.24, 2.45) is 0 Å². The van der Waals surface area contributed by atoms with E-state index in [1.807, 2.05) is 11.9 Å². The van der Waals surface area contributed by atoms with Crippen LogP contribution >= 0.6 is 0 Å². The molecule has 4 N–H and O–H groups in total. The van der Waals surface area contributed by atoms with E-state index in [-0.39, 0.29) is 11.7 Å². The van der Waals surface area contributed by atoms with Crippen molar-refractivity contribution in [3.63, 3.8) is 0 Å². The van der Waals surface area contributed by atoms with E-state index in [1.165, 1.54) is 0 Å². The quantitative estimate of drug-likeness (QED) is 0.530. The van der Waals surface area contributed by atoms with Crippen LogP contribution in [0.4, 0.5) is 5.69 Å². The molecule has 0 unspecified atom stereocenters. The van der Waals surface area contributed by atoms with Crippen LogP contribution in [0.15, 0.2) is 18.2 Å². The number of phenolic OH excluding ortho intramolecular Hbond substituents is 1. The Hall–Kier alpha value is -1.75. The second-order valence-corrected chi connectivity index (χ2v) is 4.90. The molecular weight excluding hydrogens is 230 g/mol. The van der Waals surface area contributed by atoms with Gasteiger partial charge in [0.05, 0.1) is 6.54 Å². The number of aromatic hydroxyl groups is 1. The molecule has 98 valence electrons. The van der Waals surface area contributed by atoms with Gasteiger partial charge in [0, 0.05) is 23.8 Å². The van der Waals surface area contributed by atoms with Crippen LogP contribution in [0.1, 0.15) is 18.4 Å². The molecule has 1 aliphatic carbocycles. The minimum Gasteiger partial charge on any atom is -0.508 e. The highest BCUT2D eigenvalue weighted by atomic mass is 16.3. The number of carbonyl (C=O) groups excluding carboxylic acids is 1. The number of rotatable bonds is 5. The summed E-state index contributed by atoms with van der Waals surface area (Å²) in [5.74, 6) is 0.238. The van der Waals surface area contributed by atoms with Gasteiger partial charge >= 0.3 is 0 Å². The molecule has 1 aromatic rings. The molecule has 18 heavy (non-hydrogen) atoms. The highest BCUT2D eigenvalue weighted by molar-refractivity contribution is 5.78. The first-order chi connectivity index (χ1) is 8.54. The third-order valence-corrected chi connectivity index (χ3v) is 2.90. The Morgan fingerprint density at radius 3 is 2.94 bits per heavy atom. The van der Waals surface area contributed by atoms with Gasteiger partial charge in [-0.05, 0) is 38.1 Å². The number of phenols is 1. The molecule has 0 spiro atoms. The Morgan fingerprint density at radius 2 is 2.28 bits per heavy atom. The average molecular weight is 249 g/mol. The van der Waals surface area contributed by atoms with Crippen molar-refractivity contribution in [1.82, 2.24) is 10.2 Å². The molecule has 1 amide bonds. The van der Waals surface area contributed by atoms with Gasteiger partial charge in [0.1, 0.15) is 5.75 Å². The molecule has 5 nitrogen and oxygen atoms in total. The molecule has 5 heteroatoms. The Bertz CT molecular complexity index is 444. The maximum Gasteiger partial charge on any atom is 0.234 e. The minimum atomic E-state index is 0.0309. The molecule has 1 aliphatic rings. The number of nitrogens with two attached hydrogens (primary N) is 1. The predicted octanol–water partition coefficient (Wildman–Crippen LogP) is 0.685. The van der Waals surface area contributed by atoms with Crippen LogP contribution in [0.2, 0.25) is 0 Å². The fourth-order valence-electron chi connectivity index (χ4n) is 1.82. The topological polar surface area (TPSA) is 78.6 Å². The molecule has 1 fully saturated rings. The second kappa shape index (κ2) is 5.27. The van der Waals surface area contributed by atoms with Gasteiger partial charge in [-0.15, -0.1) is 0 Å². The van der Waals surface area contributed by atoms with Gasteiger partial charge in [0.15, 0.2) is 0 Å². The zero-order chi connectivity index (χ0) is 13.1. The van der Waals surface area contributed by atoms with Crippen LogP contribution in [0.25, 0.3) is 0 Å². The summed E-state index contributed by atoms with van der Waals surface area (Å²) in [6, 6.07) is 5.33. The van der Waals surface area contributed by atoms with Gasteiger partial charge in [-0.25, -0.2) is 0 Å². The number of hydrogen-bond donors (Lipinski definition) is 3. The number of nitrogens with one attached hydrogen (secondary N) is 1. The summed E-state index contributed by atoms with van der Waals surface area (Å²) in [7, 11) is 1.84. The summed E-state index contributed by atoms with van der Waals surface area (Å²) in [6.07, 6.45) is 2.18. The van der Waals surface area contributed by atoms with E-state index in [9.17, 15) is 9.90 Å². The Kier molecular flexibility index (Phi) is 3.72. The lowest BCUT2D eigenvalue weighted by atomic mass is 10.1. The van der Waals surface area contributed by atoms with Crippen LogP contribution in [0.5, 0.6) is 5.75 Å². The van der Waals surface area contributed by atoms with Crippen molar-refractivity contribution in [1.29, 1.82) is 0 Å². The smallest absolute Gasteiger partial charge is 0.234 e. The van der Waals surface area contributed by atoms with Gasteiger partial charge in [0.2, 0.25) is 5.91 Å². The summed E-state index contributed by atoms with van der Waals surface area (Å²) in [5.41, 5.74) is 7.01. The van der Waals surface area contributed by atoms with E-state index < -0.39 is 0 Å². The van der Waals surface area contributed by atoms with Gasteiger partial charge in [-0.3, -0.25) is 9.69 Å². The third-order valence-electron chi connectivity index (χ3n) is 2.90. The van der Waals surface area contributed by atoms with Gasteiger partial charge in [0.25, 0.3) is 0 Å². The first kappa shape index (κ1) is 12.7. The lowest BCUT2D eigenvalue weighted by molar-refractivity contribution is -0.122. The van der Waals surface area contributed by atoms with Crippen molar-refractivity contribution in [3.05, 3.63) is 23.8 Å². The van der Waals surface area contributed by atoms with Gasteiger partial charge in [-0.2, -0.15) is 0 Å². The number of anilines is 1. The normalized spacial score (nSPS) is 14.8. The number of hydrogen-bond acceptors (Lipinski definition) is 4. The number of nitrogens with zero attached hydrogens (tertiary/aromatic N) is 1. The molecule has 0 bridgehead atoms. The Labute approximate surface area is 107 Å². The molecule has 0 radical (unpaired) electrons. The van der Waals surface area contributed by atoms with Crippen molar-refractivity contribution in [2.45, 2.75) is 25.4 Å². The number of benzene rings is 1. The van der Waals surface area contributed by atoms with E-state index in [1.54, 1.807) is 18.2 Å². The Balaban J connectivity index is 1.87. The molecule has 1 saturated carbocycles. The fraction of sp³-hybridized carbons (Fsp3) is 0.462. The van der Waals surface area contributed by atoms with E-state index in [2.05, 4.69) is 5.32 Å². The molecule has 0 heterocycles. The molecule has 0 aromatic heterocycles. The van der Waals surface area contributed by atoms with Crippen LogP contribution in [-0.2, 0) is 11.3 Å². The second-order valence-electron chi connectivity index (χ2n) is 4.90. The highest BCUT2D eigenvalue weighted by Gasteiger charge is 2.23. The first-order valence-electron chi connectivity index (χ1n) is 6.10. The third kappa shape index (κ3) is 3.63. The zero-order valence-electron chi connectivity index (χ0n) is 10.5. The minimum absolute atomic E-state index is 0.0309. The monoisotopic (exact) mass is 249 g/mol. The maximum atomic E-state index is 11.6. The largest absolute Gasteiger partial charge is 0.508 e. The zero-order valence-corrected chi connectivity index (χ0v) is 10.5. The van der Waals surface area contributed by atoms with Crippen LogP contribution in [-0.4, -0.2) is 35.5 Å². The van der Waals surface area contributed by atoms with Gasteiger partial charge in [-0.1, -0.05) is 0 Å². The van der Waals surface area contributed by atoms with Crippen molar-refractivity contribution >= 4 is 11.6 Å². The van der Waals surface area contributed by atoms with Crippen LogP contribution in [0.3, 0.4) is 0 Å². The molecular formula is C13H19N3O2. The summed E-state index contributed by atoms with van der Waals surface area (Å²) in [5, 5.41) is 12.6. The summed E-state index contributed by atoms with van der Waals surface area (Å²) in [6.45, 7) is 0.819. The molecule has 1 aromatic carbocycles.